The quantitative estimate of drug-likeness (QED) is 0.751. The van der Waals surface area contributed by atoms with Gasteiger partial charge >= 0.3 is 6.03 Å². The van der Waals surface area contributed by atoms with Crippen LogP contribution in [0.4, 0.5) is 4.79 Å². The van der Waals surface area contributed by atoms with E-state index in [2.05, 4.69) is 5.32 Å². The molecule has 3 N–H and O–H groups in total. The number of carbonyl (C=O) groups excluding carboxylic acids is 1. The van der Waals surface area contributed by atoms with E-state index in [0.29, 0.717) is 12.6 Å². The largest absolute Gasteiger partial charge is 0.335 e. The summed E-state index contributed by atoms with van der Waals surface area (Å²) in [4.78, 5) is 13.9. The number of urea groups is 1. The molecule has 2 amide bonds. The number of nitrogens with one attached hydrogen (secondary N) is 1. The zero-order valence-corrected chi connectivity index (χ0v) is 10.5. The standard InChI is InChI=1S/C12H25N3O/c1-10(2)15(9-5-8-13)12(16)14-11-6-3-4-7-11/h10-11H,3-9,13H2,1-2H3,(H,14,16). The number of rotatable bonds is 5. The van der Waals surface area contributed by atoms with Crippen molar-refractivity contribution in [2.24, 2.45) is 5.73 Å². The highest BCUT2D eigenvalue weighted by Gasteiger charge is 2.21. The van der Waals surface area contributed by atoms with Crippen LogP contribution < -0.4 is 11.1 Å². The maximum absolute atomic E-state index is 12.0. The van der Waals surface area contributed by atoms with Gasteiger partial charge in [0.25, 0.3) is 0 Å². The van der Waals surface area contributed by atoms with Crippen LogP contribution in [0.5, 0.6) is 0 Å². The summed E-state index contributed by atoms with van der Waals surface area (Å²) in [5, 5.41) is 3.12. The molecule has 1 rings (SSSR count). The highest BCUT2D eigenvalue weighted by Crippen LogP contribution is 2.18. The molecular formula is C12H25N3O. The number of carbonyl (C=O) groups is 1. The molecule has 16 heavy (non-hydrogen) atoms. The van der Waals surface area contributed by atoms with Crippen LogP contribution in [0.1, 0.15) is 46.0 Å². The Morgan fingerprint density at radius 1 is 1.44 bits per heavy atom. The van der Waals surface area contributed by atoms with Gasteiger partial charge in [0.05, 0.1) is 0 Å². The fraction of sp³-hybridized carbons (Fsp3) is 0.917. The van der Waals surface area contributed by atoms with Crippen molar-refractivity contribution < 1.29 is 4.79 Å². The van der Waals surface area contributed by atoms with Gasteiger partial charge in [0.2, 0.25) is 0 Å². The zero-order valence-electron chi connectivity index (χ0n) is 10.5. The van der Waals surface area contributed by atoms with Crippen molar-refractivity contribution in [2.75, 3.05) is 13.1 Å². The van der Waals surface area contributed by atoms with E-state index < -0.39 is 0 Å². The van der Waals surface area contributed by atoms with Crippen molar-refractivity contribution >= 4 is 6.03 Å². The minimum atomic E-state index is 0.0790. The molecule has 94 valence electrons. The lowest BCUT2D eigenvalue weighted by atomic mass is 10.2. The Labute approximate surface area is 98.6 Å². The lowest BCUT2D eigenvalue weighted by Gasteiger charge is -2.28. The minimum Gasteiger partial charge on any atom is -0.335 e. The molecule has 0 heterocycles. The Bertz CT molecular complexity index is 212. The third kappa shape index (κ3) is 4.00. The molecule has 0 radical (unpaired) electrons. The summed E-state index contributed by atoms with van der Waals surface area (Å²) < 4.78 is 0. The van der Waals surface area contributed by atoms with Crippen LogP contribution in [0.3, 0.4) is 0 Å². The van der Waals surface area contributed by atoms with Crippen LogP contribution in [0.2, 0.25) is 0 Å². The summed E-state index contributed by atoms with van der Waals surface area (Å²) in [6.45, 7) is 5.49. The lowest BCUT2D eigenvalue weighted by molar-refractivity contribution is 0.179. The third-order valence-corrected chi connectivity index (χ3v) is 3.17. The highest BCUT2D eigenvalue weighted by atomic mass is 16.2. The highest BCUT2D eigenvalue weighted by molar-refractivity contribution is 5.74. The topological polar surface area (TPSA) is 58.4 Å². The first kappa shape index (κ1) is 13.3. The molecule has 0 atom stereocenters. The fourth-order valence-corrected chi connectivity index (χ4v) is 2.18. The monoisotopic (exact) mass is 227 g/mol. The molecule has 0 spiro atoms. The van der Waals surface area contributed by atoms with E-state index in [1.54, 1.807) is 0 Å². The van der Waals surface area contributed by atoms with Gasteiger partial charge in [-0.25, -0.2) is 4.79 Å². The predicted molar refractivity (Wildman–Crippen MR) is 66.3 cm³/mol. The van der Waals surface area contributed by atoms with Crippen molar-refractivity contribution in [3.63, 3.8) is 0 Å². The Kier molecular flexibility index (Phi) is 5.60. The van der Waals surface area contributed by atoms with Crippen molar-refractivity contribution in [2.45, 2.75) is 58.0 Å². The van der Waals surface area contributed by atoms with Crippen molar-refractivity contribution in [1.82, 2.24) is 10.2 Å². The molecule has 0 aromatic rings. The molecule has 4 heteroatoms. The predicted octanol–water partition coefficient (Wildman–Crippen LogP) is 1.70. The third-order valence-electron chi connectivity index (χ3n) is 3.17. The first-order valence-corrected chi connectivity index (χ1v) is 6.42. The smallest absolute Gasteiger partial charge is 0.317 e. The summed E-state index contributed by atoms with van der Waals surface area (Å²) in [5.41, 5.74) is 5.48. The van der Waals surface area contributed by atoms with Crippen LogP contribution >= 0.6 is 0 Å². The number of amides is 2. The van der Waals surface area contributed by atoms with Gasteiger partial charge in [-0.15, -0.1) is 0 Å². The average Bonchev–Trinajstić information content (AvgIpc) is 2.70. The second kappa shape index (κ2) is 6.74. The molecule has 0 unspecified atom stereocenters. The van der Waals surface area contributed by atoms with Gasteiger partial charge in [-0.3, -0.25) is 0 Å². The molecule has 0 aromatic carbocycles. The number of hydrogen-bond acceptors (Lipinski definition) is 2. The average molecular weight is 227 g/mol. The van der Waals surface area contributed by atoms with Crippen LogP contribution in [0.25, 0.3) is 0 Å². The second-order valence-electron chi connectivity index (χ2n) is 4.86. The number of nitrogens with zero attached hydrogens (tertiary/aromatic N) is 1. The summed E-state index contributed by atoms with van der Waals surface area (Å²) in [5.74, 6) is 0. The van der Waals surface area contributed by atoms with E-state index in [9.17, 15) is 4.79 Å². The molecule has 0 aliphatic heterocycles. The molecular weight excluding hydrogens is 202 g/mol. The van der Waals surface area contributed by atoms with E-state index in [1.807, 2.05) is 18.7 Å². The van der Waals surface area contributed by atoms with Crippen molar-refractivity contribution in [3.8, 4) is 0 Å². The molecule has 0 aromatic heterocycles. The van der Waals surface area contributed by atoms with Crippen LogP contribution in [-0.4, -0.2) is 36.1 Å². The maximum atomic E-state index is 12.0. The minimum absolute atomic E-state index is 0.0790. The normalized spacial score (nSPS) is 16.8. The SMILES string of the molecule is CC(C)N(CCCN)C(=O)NC1CCCC1. The number of nitrogens with two attached hydrogens (primary N) is 1. The van der Waals surface area contributed by atoms with E-state index in [0.717, 1.165) is 25.8 Å². The van der Waals surface area contributed by atoms with Crippen molar-refractivity contribution in [1.29, 1.82) is 0 Å². The van der Waals surface area contributed by atoms with Gasteiger partial charge < -0.3 is 16.0 Å². The number of hydrogen-bond donors (Lipinski definition) is 2. The van der Waals surface area contributed by atoms with Crippen molar-refractivity contribution in [3.05, 3.63) is 0 Å². The zero-order chi connectivity index (χ0) is 12.0. The first-order chi connectivity index (χ1) is 7.65. The molecule has 1 aliphatic rings. The van der Waals surface area contributed by atoms with Crippen LogP contribution in [0.15, 0.2) is 0 Å². The lowest BCUT2D eigenvalue weighted by Crippen LogP contribution is -2.47. The summed E-state index contributed by atoms with van der Waals surface area (Å²) >= 11 is 0. The Morgan fingerprint density at radius 2 is 2.06 bits per heavy atom. The Hall–Kier alpha value is -0.770. The molecule has 4 nitrogen and oxygen atoms in total. The van der Waals surface area contributed by atoms with Crippen LogP contribution in [-0.2, 0) is 0 Å². The Balaban J connectivity index is 2.39. The van der Waals surface area contributed by atoms with E-state index in [4.69, 9.17) is 5.73 Å². The summed E-state index contributed by atoms with van der Waals surface area (Å²) in [6.07, 6.45) is 5.63. The Morgan fingerprint density at radius 3 is 2.56 bits per heavy atom. The van der Waals surface area contributed by atoms with Gasteiger partial charge in [-0.1, -0.05) is 12.8 Å². The maximum Gasteiger partial charge on any atom is 0.317 e. The second-order valence-corrected chi connectivity index (χ2v) is 4.86. The van der Waals surface area contributed by atoms with Gasteiger partial charge in [0, 0.05) is 18.6 Å². The van der Waals surface area contributed by atoms with Crippen LogP contribution in [0, 0.1) is 0 Å². The molecule has 0 saturated heterocycles. The summed E-state index contributed by atoms with van der Waals surface area (Å²) in [6, 6.07) is 0.718. The molecule has 1 saturated carbocycles. The van der Waals surface area contributed by atoms with Gasteiger partial charge in [0.1, 0.15) is 0 Å². The first-order valence-electron chi connectivity index (χ1n) is 6.42. The fourth-order valence-electron chi connectivity index (χ4n) is 2.18. The molecule has 0 bridgehead atoms. The summed E-state index contributed by atoms with van der Waals surface area (Å²) in [7, 11) is 0. The molecule has 1 fully saturated rings. The van der Waals surface area contributed by atoms with E-state index in [-0.39, 0.29) is 12.1 Å². The van der Waals surface area contributed by atoms with Gasteiger partial charge in [-0.2, -0.15) is 0 Å². The van der Waals surface area contributed by atoms with Gasteiger partial charge in [0.15, 0.2) is 0 Å². The van der Waals surface area contributed by atoms with E-state index in [1.165, 1.54) is 12.8 Å². The van der Waals surface area contributed by atoms with E-state index >= 15 is 0 Å². The van der Waals surface area contributed by atoms with Gasteiger partial charge in [-0.05, 0) is 39.7 Å². The molecule has 1 aliphatic carbocycles.